The summed E-state index contributed by atoms with van der Waals surface area (Å²) in [4.78, 5) is 37.1. The van der Waals surface area contributed by atoms with Crippen molar-refractivity contribution in [2.75, 3.05) is 12.4 Å². The van der Waals surface area contributed by atoms with Crippen molar-refractivity contribution in [3.8, 4) is 5.75 Å². The van der Waals surface area contributed by atoms with Gasteiger partial charge in [-0.2, -0.15) is 0 Å². The van der Waals surface area contributed by atoms with Crippen LogP contribution in [0.25, 0.3) is 6.08 Å². The van der Waals surface area contributed by atoms with Crippen molar-refractivity contribution in [1.82, 2.24) is 5.32 Å². The van der Waals surface area contributed by atoms with Gasteiger partial charge < -0.3 is 20.5 Å². The average Bonchev–Trinajstić information content (AvgIpc) is 2.80. The number of anilines is 1. The van der Waals surface area contributed by atoms with Gasteiger partial charge in [-0.15, -0.1) is 0 Å². The number of methoxy groups -OCH3 is 1. The predicted molar refractivity (Wildman–Crippen MR) is 125 cm³/mol. The van der Waals surface area contributed by atoms with Gasteiger partial charge in [0, 0.05) is 15.6 Å². The fraction of sp³-hybridized carbons (Fsp3) is 0.0417. The van der Waals surface area contributed by atoms with E-state index in [1.54, 1.807) is 30.3 Å². The molecule has 0 fully saturated rings. The Morgan fingerprint density at radius 2 is 1.67 bits per heavy atom. The number of carboxylic acid groups (broad SMARTS) is 1. The smallest absolute Gasteiger partial charge is 0.335 e. The van der Waals surface area contributed by atoms with Crippen molar-refractivity contribution in [1.29, 1.82) is 0 Å². The summed E-state index contributed by atoms with van der Waals surface area (Å²) in [5, 5.41) is 14.3. The van der Waals surface area contributed by atoms with Crippen LogP contribution in [0.1, 0.15) is 26.3 Å². The molecule has 0 heterocycles. The topological polar surface area (TPSA) is 105 Å². The minimum atomic E-state index is -1.20. The van der Waals surface area contributed by atoms with Crippen LogP contribution in [0.2, 0.25) is 0 Å². The Hall–Kier alpha value is -3.98. The van der Waals surface area contributed by atoms with E-state index in [-0.39, 0.29) is 33.8 Å². The molecule has 33 heavy (non-hydrogen) atoms. The molecule has 0 spiro atoms. The Bertz CT molecular complexity index is 1240. The summed E-state index contributed by atoms with van der Waals surface area (Å²) >= 11 is 3.28. The number of hydrogen-bond donors (Lipinski definition) is 3. The average molecular weight is 513 g/mol. The number of hydrogen-bond acceptors (Lipinski definition) is 4. The van der Waals surface area contributed by atoms with Crippen molar-refractivity contribution in [3.05, 3.63) is 99.4 Å². The molecular formula is C24H18BrFN2O5. The van der Waals surface area contributed by atoms with E-state index in [1.165, 1.54) is 49.6 Å². The standard InChI is InChI=1S/C24H18BrFN2O5/c1-33-21-11-8-16(24(31)32)13-19(21)27-23(30)20(12-15-4-2-3-5-18(15)26)28-22(29)14-6-9-17(25)10-7-14/h2-13H,1H3,(H,27,30)(H,28,29)(H,31,32)/b20-12+. The summed E-state index contributed by atoms with van der Waals surface area (Å²) in [6.45, 7) is 0. The third kappa shape index (κ3) is 6.05. The van der Waals surface area contributed by atoms with E-state index < -0.39 is 23.6 Å². The number of nitrogens with one attached hydrogen (secondary N) is 2. The molecule has 0 aromatic heterocycles. The first-order valence-corrected chi connectivity index (χ1v) is 10.3. The third-order valence-electron chi connectivity index (χ3n) is 4.50. The van der Waals surface area contributed by atoms with Gasteiger partial charge in [-0.3, -0.25) is 9.59 Å². The van der Waals surface area contributed by atoms with E-state index in [9.17, 15) is 23.9 Å². The minimum absolute atomic E-state index is 0.0692. The normalized spacial score (nSPS) is 10.9. The predicted octanol–water partition coefficient (Wildman–Crippen LogP) is 4.70. The first kappa shape index (κ1) is 23.7. The molecule has 0 aliphatic heterocycles. The molecule has 0 unspecified atom stereocenters. The lowest BCUT2D eigenvalue weighted by Crippen LogP contribution is -2.31. The van der Waals surface area contributed by atoms with Crippen LogP contribution in [0.5, 0.6) is 5.75 Å². The van der Waals surface area contributed by atoms with Crippen molar-refractivity contribution < 1.29 is 28.6 Å². The second kappa shape index (κ2) is 10.6. The van der Waals surface area contributed by atoms with Crippen LogP contribution >= 0.6 is 15.9 Å². The Balaban J connectivity index is 1.97. The van der Waals surface area contributed by atoms with Gasteiger partial charge in [-0.1, -0.05) is 34.1 Å². The van der Waals surface area contributed by atoms with E-state index in [2.05, 4.69) is 26.6 Å². The van der Waals surface area contributed by atoms with Crippen molar-refractivity contribution in [2.45, 2.75) is 0 Å². The third-order valence-corrected chi connectivity index (χ3v) is 5.03. The van der Waals surface area contributed by atoms with Gasteiger partial charge in [0.05, 0.1) is 18.4 Å². The molecule has 168 valence electrons. The molecule has 0 bridgehead atoms. The Kier molecular flexibility index (Phi) is 7.57. The minimum Gasteiger partial charge on any atom is -0.495 e. The molecule has 0 aliphatic carbocycles. The summed E-state index contributed by atoms with van der Waals surface area (Å²) in [7, 11) is 1.36. The highest BCUT2D eigenvalue weighted by Gasteiger charge is 2.18. The lowest BCUT2D eigenvalue weighted by molar-refractivity contribution is -0.113. The zero-order chi connectivity index (χ0) is 24.0. The van der Waals surface area contributed by atoms with E-state index >= 15 is 0 Å². The maximum Gasteiger partial charge on any atom is 0.335 e. The number of carbonyl (C=O) groups excluding carboxylic acids is 2. The molecule has 0 radical (unpaired) electrons. The van der Waals surface area contributed by atoms with Crippen LogP contribution < -0.4 is 15.4 Å². The SMILES string of the molecule is COc1ccc(C(=O)O)cc1NC(=O)/C(=C\c1ccccc1F)NC(=O)c1ccc(Br)cc1. The number of aromatic carboxylic acids is 1. The van der Waals surface area contributed by atoms with Crippen LogP contribution in [-0.2, 0) is 4.79 Å². The number of amides is 2. The summed E-state index contributed by atoms with van der Waals surface area (Å²) < 4.78 is 20.2. The molecule has 9 heteroatoms. The largest absolute Gasteiger partial charge is 0.495 e. The van der Waals surface area contributed by atoms with Crippen LogP contribution in [-0.4, -0.2) is 30.0 Å². The molecule has 3 N–H and O–H groups in total. The zero-order valence-corrected chi connectivity index (χ0v) is 18.9. The molecule has 0 atom stereocenters. The first-order valence-electron chi connectivity index (χ1n) is 9.54. The molecular weight excluding hydrogens is 495 g/mol. The molecule has 2 amide bonds. The second-order valence-corrected chi connectivity index (χ2v) is 7.63. The number of ether oxygens (including phenoxy) is 1. The number of carbonyl (C=O) groups is 3. The van der Waals surface area contributed by atoms with E-state index in [4.69, 9.17) is 4.74 Å². The van der Waals surface area contributed by atoms with Crippen LogP contribution in [0.4, 0.5) is 10.1 Å². The second-order valence-electron chi connectivity index (χ2n) is 6.71. The number of carboxylic acids is 1. The summed E-state index contributed by atoms with van der Waals surface area (Å²) in [5.74, 6) is -2.97. The summed E-state index contributed by atoms with van der Waals surface area (Å²) in [5.41, 5.74) is 0.0843. The Labute approximate surface area is 197 Å². The van der Waals surface area contributed by atoms with Crippen molar-refractivity contribution >= 4 is 45.5 Å². The lowest BCUT2D eigenvalue weighted by Gasteiger charge is -2.14. The fourth-order valence-electron chi connectivity index (χ4n) is 2.83. The van der Waals surface area contributed by atoms with Gasteiger partial charge in [0.15, 0.2) is 0 Å². The van der Waals surface area contributed by atoms with Gasteiger partial charge in [0.25, 0.3) is 11.8 Å². The van der Waals surface area contributed by atoms with E-state index in [0.717, 1.165) is 4.47 Å². The molecule has 0 aliphatic rings. The quantitative estimate of drug-likeness (QED) is 0.398. The lowest BCUT2D eigenvalue weighted by atomic mass is 10.1. The molecule has 3 aromatic rings. The monoisotopic (exact) mass is 512 g/mol. The molecule has 0 saturated carbocycles. The maximum absolute atomic E-state index is 14.2. The zero-order valence-electron chi connectivity index (χ0n) is 17.3. The van der Waals surface area contributed by atoms with Gasteiger partial charge in [-0.05, 0) is 54.6 Å². The Morgan fingerprint density at radius 3 is 2.30 bits per heavy atom. The van der Waals surface area contributed by atoms with E-state index in [1.807, 2.05) is 0 Å². The highest BCUT2D eigenvalue weighted by Crippen LogP contribution is 2.26. The number of halogens is 2. The van der Waals surface area contributed by atoms with Crippen LogP contribution in [0, 0.1) is 5.82 Å². The Morgan fingerprint density at radius 1 is 1.00 bits per heavy atom. The van der Waals surface area contributed by atoms with Crippen LogP contribution in [0.15, 0.2) is 76.9 Å². The molecule has 7 nitrogen and oxygen atoms in total. The summed E-state index contributed by atoms with van der Waals surface area (Å²) in [6.07, 6.45) is 1.19. The van der Waals surface area contributed by atoms with Gasteiger partial charge in [0.1, 0.15) is 17.3 Å². The van der Waals surface area contributed by atoms with Gasteiger partial charge >= 0.3 is 5.97 Å². The molecule has 3 aromatic carbocycles. The number of benzene rings is 3. The highest BCUT2D eigenvalue weighted by atomic mass is 79.9. The van der Waals surface area contributed by atoms with Crippen molar-refractivity contribution in [2.24, 2.45) is 0 Å². The number of rotatable bonds is 7. The van der Waals surface area contributed by atoms with Crippen LogP contribution in [0.3, 0.4) is 0 Å². The van der Waals surface area contributed by atoms with E-state index in [0.29, 0.717) is 0 Å². The molecule has 3 rings (SSSR count). The highest BCUT2D eigenvalue weighted by molar-refractivity contribution is 9.10. The first-order chi connectivity index (χ1) is 15.8. The van der Waals surface area contributed by atoms with Gasteiger partial charge in [0.2, 0.25) is 0 Å². The van der Waals surface area contributed by atoms with Gasteiger partial charge in [-0.25, -0.2) is 9.18 Å². The maximum atomic E-state index is 14.2. The van der Waals surface area contributed by atoms with Crippen molar-refractivity contribution in [3.63, 3.8) is 0 Å². The summed E-state index contributed by atoms with van der Waals surface area (Å²) in [6, 6.07) is 16.1. The fourth-order valence-corrected chi connectivity index (χ4v) is 3.09. The molecule has 0 saturated heterocycles.